The number of aromatic nitrogens is 2. The van der Waals surface area contributed by atoms with E-state index in [2.05, 4.69) is 72.2 Å². The second-order valence-corrected chi connectivity index (χ2v) is 13.3. The molecule has 3 aromatic heterocycles. The van der Waals surface area contributed by atoms with Gasteiger partial charge in [-0.1, -0.05) is 91.2 Å². The zero-order valence-electron chi connectivity index (χ0n) is 22.3. The Morgan fingerprint density at radius 3 is 2.22 bits per heavy atom. The largest absolute Gasteiger partial charge is 0.173 e. The topological polar surface area (TPSA) is 25.8 Å². The lowest BCUT2D eigenvalue weighted by atomic mass is 9.65. The molecule has 2 nitrogen and oxygen atoms in total. The van der Waals surface area contributed by atoms with E-state index in [1.807, 2.05) is 22.7 Å². The van der Waals surface area contributed by atoms with Crippen molar-refractivity contribution in [2.75, 3.05) is 0 Å². The molecule has 1 aliphatic carbocycles. The van der Waals surface area contributed by atoms with Crippen LogP contribution in [-0.2, 0) is 5.41 Å². The van der Waals surface area contributed by atoms with Crippen molar-refractivity contribution in [2.24, 2.45) is 11.8 Å². The molecule has 3 heterocycles. The average molecular weight is 537 g/mol. The minimum absolute atomic E-state index is 0.149. The van der Waals surface area contributed by atoms with E-state index in [9.17, 15) is 0 Å². The first-order valence-electron chi connectivity index (χ1n) is 14.1. The third kappa shape index (κ3) is 4.72. The smallest absolute Gasteiger partial charge is 0.113 e. The number of nitrogens with zero attached hydrogens (tertiary/aromatic N) is 2. The Morgan fingerprint density at radius 1 is 0.833 bits per heavy atom. The summed E-state index contributed by atoms with van der Waals surface area (Å²) in [5, 5.41) is 2.35. The maximum atomic E-state index is 4.68. The molecular weight excluding hydrogens is 497 g/mol. The molecule has 0 aliphatic heterocycles. The molecule has 192 valence electrons. The van der Waals surface area contributed by atoms with Crippen LogP contribution in [0.15, 0.2) is 35.7 Å². The molecule has 5 rings (SSSR count). The van der Waals surface area contributed by atoms with Gasteiger partial charge < -0.3 is 0 Å². The number of rotatable bonds is 13. The molecule has 5 heteroatoms. The molecule has 1 aliphatic rings. The van der Waals surface area contributed by atoms with Gasteiger partial charge in [-0.3, -0.25) is 0 Å². The van der Waals surface area contributed by atoms with E-state index in [0.29, 0.717) is 0 Å². The van der Waals surface area contributed by atoms with Crippen molar-refractivity contribution in [2.45, 2.75) is 97.3 Å². The Morgan fingerprint density at radius 2 is 1.56 bits per heavy atom. The van der Waals surface area contributed by atoms with Crippen LogP contribution in [0.3, 0.4) is 0 Å². The summed E-state index contributed by atoms with van der Waals surface area (Å²) in [6, 6.07) is 11.5. The number of thiophene rings is 2. The van der Waals surface area contributed by atoms with Crippen LogP contribution in [0.25, 0.3) is 31.2 Å². The normalized spacial score (nSPS) is 18.4. The Hall–Kier alpha value is -1.56. The molecule has 0 saturated heterocycles. The van der Waals surface area contributed by atoms with E-state index in [0.717, 1.165) is 22.9 Å². The molecule has 0 fully saturated rings. The SMILES string of the molecule is CCCCC(CC)CC1(CC(CC)CCCC)c2ccsc2-c2sc(-c3cccc4nsnc34)cc21. The summed E-state index contributed by atoms with van der Waals surface area (Å²) in [6.07, 6.45) is 13.1. The van der Waals surface area contributed by atoms with Gasteiger partial charge in [0.25, 0.3) is 0 Å². The van der Waals surface area contributed by atoms with Gasteiger partial charge >= 0.3 is 0 Å². The lowest BCUT2D eigenvalue weighted by Crippen LogP contribution is -2.31. The van der Waals surface area contributed by atoms with Crippen LogP contribution in [0.5, 0.6) is 0 Å². The molecule has 0 spiro atoms. The predicted octanol–water partition coefficient (Wildman–Crippen LogP) is 11.0. The van der Waals surface area contributed by atoms with Gasteiger partial charge in [-0.05, 0) is 59.4 Å². The first-order chi connectivity index (χ1) is 17.6. The van der Waals surface area contributed by atoms with Gasteiger partial charge in [0.1, 0.15) is 11.0 Å². The standard InChI is InChI=1S/C31H40N2S3/c1-5-9-12-21(7-3)19-31(20-22(8-4)13-10-6-2)24-16-17-34-29(24)30-25(31)18-27(35-30)23-14-11-15-26-28(23)33-36-32-26/h11,14-18,21-22H,5-10,12-13,19-20H2,1-4H3. The zero-order chi connectivity index (χ0) is 25.1. The average Bonchev–Trinajstić information content (AvgIpc) is 3.68. The van der Waals surface area contributed by atoms with Crippen molar-refractivity contribution >= 4 is 45.4 Å². The number of fused-ring (bicyclic) bond motifs is 4. The van der Waals surface area contributed by atoms with Crippen LogP contribution < -0.4 is 0 Å². The van der Waals surface area contributed by atoms with E-state index in [1.165, 1.54) is 91.3 Å². The first kappa shape index (κ1) is 26.1. The van der Waals surface area contributed by atoms with Crippen molar-refractivity contribution in [1.29, 1.82) is 0 Å². The van der Waals surface area contributed by atoms with Gasteiger partial charge in [-0.25, -0.2) is 0 Å². The third-order valence-corrected chi connectivity index (χ3v) is 11.3. The summed E-state index contributed by atoms with van der Waals surface area (Å²) in [4.78, 5) is 4.44. The number of benzene rings is 1. The molecular formula is C31H40N2S3. The van der Waals surface area contributed by atoms with E-state index in [4.69, 9.17) is 0 Å². The Bertz CT molecular complexity index is 1260. The molecule has 36 heavy (non-hydrogen) atoms. The highest BCUT2D eigenvalue weighted by Gasteiger charge is 2.47. The summed E-state index contributed by atoms with van der Waals surface area (Å²) in [5.41, 5.74) is 6.74. The number of hydrogen-bond acceptors (Lipinski definition) is 5. The molecule has 0 N–H and O–H groups in total. The van der Waals surface area contributed by atoms with Crippen LogP contribution in [0, 0.1) is 11.8 Å². The number of hydrogen-bond donors (Lipinski definition) is 0. The fourth-order valence-electron chi connectivity index (χ4n) is 6.46. The van der Waals surface area contributed by atoms with E-state index in [1.54, 1.807) is 16.0 Å². The summed E-state index contributed by atoms with van der Waals surface area (Å²) >= 11 is 5.28. The maximum absolute atomic E-state index is 4.68. The zero-order valence-corrected chi connectivity index (χ0v) is 24.8. The van der Waals surface area contributed by atoms with Crippen molar-refractivity contribution in [3.8, 4) is 20.2 Å². The van der Waals surface area contributed by atoms with Gasteiger partial charge in [-0.2, -0.15) is 8.75 Å². The first-order valence-corrected chi connectivity index (χ1v) is 16.5. The van der Waals surface area contributed by atoms with Crippen molar-refractivity contribution < 1.29 is 0 Å². The summed E-state index contributed by atoms with van der Waals surface area (Å²) in [6.45, 7) is 9.51. The van der Waals surface area contributed by atoms with Crippen LogP contribution >= 0.6 is 34.4 Å². The number of unbranched alkanes of at least 4 members (excludes halogenated alkanes) is 2. The summed E-state index contributed by atoms with van der Waals surface area (Å²) < 4.78 is 9.20. The van der Waals surface area contributed by atoms with Crippen molar-refractivity contribution in [3.63, 3.8) is 0 Å². The molecule has 0 saturated carbocycles. The summed E-state index contributed by atoms with van der Waals surface area (Å²) in [5.74, 6) is 1.56. The maximum Gasteiger partial charge on any atom is 0.113 e. The molecule has 0 bridgehead atoms. The van der Waals surface area contributed by atoms with Crippen LogP contribution in [0.2, 0.25) is 0 Å². The fourth-order valence-corrected chi connectivity index (χ4v) is 9.46. The molecule has 0 amide bonds. The molecule has 2 atom stereocenters. The monoisotopic (exact) mass is 536 g/mol. The van der Waals surface area contributed by atoms with Crippen LogP contribution in [0.1, 0.15) is 103 Å². The van der Waals surface area contributed by atoms with Gasteiger partial charge in [-0.15, -0.1) is 22.7 Å². The molecule has 0 radical (unpaired) electrons. The highest BCUT2D eigenvalue weighted by atomic mass is 32.1. The minimum atomic E-state index is 0.149. The van der Waals surface area contributed by atoms with E-state index < -0.39 is 0 Å². The minimum Gasteiger partial charge on any atom is -0.173 e. The Labute approximate surface area is 229 Å². The summed E-state index contributed by atoms with van der Waals surface area (Å²) in [7, 11) is 0. The van der Waals surface area contributed by atoms with E-state index >= 15 is 0 Å². The highest BCUT2D eigenvalue weighted by Crippen LogP contribution is 2.61. The molecule has 4 aromatic rings. The van der Waals surface area contributed by atoms with Crippen LogP contribution in [-0.4, -0.2) is 8.75 Å². The van der Waals surface area contributed by atoms with Gasteiger partial charge in [0.05, 0.1) is 11.7 Å². The molecule has 1 aromatic carbocycles. The fraction of sp³-hybridized carbons (Fsp3) is 0.548. The van der Waals surface area contributed by atoms with Gasteiger partial charge in [0, 0.05) is 25.6 Å². The second-order valence-electron chi connectivity index (χ2n) is 10.8. The van der Waals surface area contributed by atoms with Crippen molar-refractivity contribution in [1.82, 2.24) is 8.75 Å². The highest BCUT2D eigenvalue weighted by molar-refractivity contribution is 7.24. The quantitative estimate of drug-likeness (QED) is 0.170. The van der Waals surface area contributed by atoms with Gasteiger partial charge in [0.15, 0.2) is 0 Å². The Balaban J connectivity index is 1.63. The van der Waals surface area contributed by atoms with E-state index in [-0.39, 0.29) is 5.41 Å². The third-order valence-electron chi connectivity index (χ3n) is 8.55. The lowest BCUT2D eigenvalue weighted by Gasteiger charge is -2.37. The van der Waals surface area contributed by atoms with Crippen LogP contribution in [0.4, 0.5) is 0 Å². The molecule has 2 unspecified atom stereocenters. The lowest BCUT2D eigenvalue weighted by molar-refractivity contribution is 0.266. The van der Waals surface area contributed by atoms with Gasteiger partial charge in [0.2, 0.25) is 0 Å². The second kappa shape index (κ2) is 11.4. The Kier molecular flexibility index (Phi) is 8.29. The predicted molar refractivity (Wildman–Crippen MR) is 161 cm³/mol. The van der Waals surface area contributed by atoms with Crippen molar-refractivity contribution in [3.05, 3.63) is 46.8 Å².